The number of halogens is 2. The topological polar surface area (TPSA) is 46.3 Å². The number of amides is 1. The van der Waals surface area contributed by atoms with Gasteiger partial charge in [0.2, 0.25) is 0 Å². The average Bonchev–Trinajstić information content (AvgIpc) is 3.32. The molecule has 0 radical (unpaired) electrons. The molecule has 1 saturated heterocycles. The van der Waals surface area contributed by atoms with Crippen molar-refractivity contribution in [2.24, 2.45) is 0 Å². The Morgan fingerprint density at radius 3 is 2.65 bits per heavy atom. The van der Waals surface area contributed by atoms with Crippen LogP contribution in [0.1, 0.15) is 34.9 Å². The summed E-state index contributed by atoms with van der Waals surface area (Å²) in [5.41, 5.74) is 1.60. The molecule has 4 nitrogen and oxygen atoms in total. The zero-order valence-electron chi connectivity index (χ0n) is 13.9. The van der Waals surface area contributed by atoms with Crippen molar-refractivity contribution < 1.29 is 18.1 Å². The van der Waals surface area contributed by atoms with Crippen LogP contribution < -0.4 is 0 Å². The fraction of sp³-hybridized carbons (Fsp3) is 0.200. The molecule has 26 heavy (non-hydrogen) atoms. The summed E-state index contributed by atoms with van der Waals surface area (Å²) >= 11 is 0. The van der Waals surface area contributed by atoms with Gasteiger partial charge in [0, 0.05) is 18.2 Å². The summed E-state index contributed by atoms with van der Waals surface area (Å²) in [5.74, 6) is -0.523. The normalized spacial score (nSPS) is 16.8. The highest BCUT2D eigenvalue weighted by atomic mass is 19.1. The summed E-state index contributed by atoms with van der Waals surface area (Å²) in [6.07, 6.45) is 1.62. The van der Waals surface area contributed by atoms with Crippen molar-refractivity contribution >= 4 is 5.91 Å². The van der Waals surface area contributed by atoms with Crippen molar-refractivity contribution in [3.05, 3.63) is 77.5 Å². The quantitative estimate of drug-likeness (QED) is 0.691. The van der Waals surface area contributed by atoms with Gasteiger partial charge in [-0.3, -0.25) is 4.79 Å². The van der Waals surface area contributed by atoms with Crippen LogP contribution in [-0.4, -0.2) is 22.5 Å². The third-order valence-electron chi connectivity index (χ3n) is 4.61. The highest BCUT2D eigenvalue weighted by molar-refractivity contribution is 5.93. The lowest BCUT2D eigenvalue weighted by Crippen LogP contribution is -2.30. The van der Waals surface area contributed by atoms with Crippen LogP contribution in [0.2, 0.25) is 0 Å². The molecule has 0 bridgehead atoms. The number of rotatable bonds is 3. The maximum absolute atomic E-state index is 13.5. The second-order valence-corrected chi connectivity index (χ2v) is 6.29. The summed E-state index contributed by atoms with van der Waals surface area (Å²) < 4.78 is 31.8. The van der Waals surface area contributed by atoms with Crippen LogP contribution in [0.4, 0.5) is 8.78 Å². The lowest BCUT2D eigenvalue weighted by molar-refractivity contribution is 0.0725. The van der Waals surface area contributed by atoms with E-state index >= 15 is 0 Å². The molecule has 132 valence electrons. The number of hydrogen-bond donors (Lipinski definition) is 0. The molecule has 0 N–H and O–H groups in total. The van der Waals surface area contributed by atoms with Gasteiger partial charge in [0.25, 0.3) is 5.91 Å². The molecular weight excluding hydrogens is 338 g/mol. The van der Waals surface area contributed by atoms with E-state index in [1.165, 1.54) is 24.3 Å². The highest BCUT2D eigenvalue weighted by Gasteiger charge is 2.32. The maximum atomic E-state index is 13.5. The number of likely N-dealkylation sites (tertiary alicyclic amines) is 1. The van der Waals surface area contributed by atoms with E-state index in [2.05, 4.69) is 5.16 Å². The molecule has 0 saturated carbocycles. The highest BCUT2D eigenvalue weighted by Crippen LogP contribution is 2.33. The number of carbonyl (C=O) groups excluding carboxylic acids is 1. The molecule has 2 aromatic carbocycles. The molecule has 0 aliphatic carbocycles. The van der Waals surface area contributed by atoms with Gasteiger partial charge < -0.3 is 9.42 Å². The van der Waals surface area contributed by atoms with Gasteiger partial charge in [0.1, 0.15) is 11.6 Å². The maximum Gasteiger partial charge on any atom is 0.276 e. The van der Waals surface area contributed by atoms with Gasteiger partial charge in [-0.25, -0.2) is 8.78 Å². The van der Waals surface area contributed by atoms with Crippen LogP contribution in [0.15, 0.2) is 59.1 Å². The Bertz CT molecular complexity index is 937. The summed E-state index contributed by atoms with van der Waals surface area (Å²) in [6.45, 7) is 0.582. The van der Waals surface area contributed by atoms with E-state index in [4.69, 9.17) is 4.52 Å². The van der Waals surface area contributed by atoms with Crippen LogP contribution in [0, 0.1) is 11.6 Å². The number of aromatic nitrogens is 1. The molecule has 1 aliphatic heterocycles. The predicted molar refractivity (Wildman–Crippen MR) is 91.3 cm³/mol. The molecule has 1 fully saturated rings. The van der Waals surface area contributed by atoms with Crippen molar-refractivity contribution in [3.8, 4) is 11.3 Å². The second-order valence-electron chi connectivity index (χ2n) is 6.29. The van der Waals surface area contributed by atoms with Crippen LogP contribution in [0.3, 0.4) is 0 Å². The molecule has 0 spiro atoms. The van der Waals surface area contributed by atoms with E-state index in [1.54, 1.807) is 29.2 Å². The van der Waals surface area contributed by atoms with Crippen LogP contribution in [0.25, 0.3) is 11.3 Å². The van der Waals surface area contributed by atoms with E-state index < -0.39 is 0 Å². The molecule has 4 rings (SSSR count). The van der Waals surface area contributed by atoms with Gasteiger partial charge in [0.05, 0.1) is 6.04 Å². The summed E-state index contributed by atoms with van der Waals surface area (Å²) in [5, 5.41) is 3.87. The van der Waals surface area contributed by atoms with Crippen LogP contribution in [-0.2, 0) is 0 Å². The molecule has 6 heteroatoms. The Hall–Kier alpha value is -3.02. The Morgan fingerprint density at radius 2 is 1.88 bits per heavy atom. The van der Waals surface area contributed by atoms with Crippen molar-refractivity contribution in [1.82, 2.24) is 10.1 Å². The Labute approximate surface area is 149 Å². The fourth-order valence-electron chi connectivity index (χ4n) is 3.34. The Morgan fingerprint density at radius 1 is 1.08 bits per heavy atom. The standard InChI is InChI=1S/C20H16F2N2O2/c21-15-8-6-13(7-9-15)19-12-17(23-26-19)20(25)24-10-2-5-18(24)14-3-1-4-16(22)11-14/h1,3-4,6-9,11-12,18H,2,5,10H2/t18-/m0/s1. The molecule has 1 amide bonds. The smallest absolute Gasteiger partial charge is 0.276 e. The molecule has 1 aromatic heterocycles. The van der Waals surface area contributed by atoms with Crippen LogP contribution >= 0.6 is 0 Å². The van der Waals surface area contributed by atoms with Gasteiger partial charge in [-0.1, -0.05) is 17.3 Å². The molecule has 1 aliphatic rings. The van der Waals surface area contributed by atoms with Gasteiger partial charge in [0.15, 0.2) is 11.5 Å². The third-order valence-corrected chi connectivity index (χ3v) is 4.61. The minimum absolute atomic E-state index is 0.177. The lowest BCUT2D eigenvalue weighted by atomic mass is 10.0. The van der Waals surface area contributed by atoms with Crippen molar-refractivity contribution in [3.63, 3.8) is 0 Å². The molecule has 0 unspecified atom stereocenters. The van der Waals surface area contributed by atoms with Crippen molar-refractivity contribution in [2.75, 3.05) is 6.54 Å². The first-order valence-electron chi connectivity index (χ1n) is 8.41. The van der Waals surface area contributed by atoms with Gasteiger partial charge in [-0.05, 0) is 54.8 Å². The van der Waals surface area contributed by atoms with E-state index in [0.717, 1.165) is 18.4 Å². The lowest BCUT2D eigenvalue weighted by Gasteiger charge is -2.24. The molecule has 3 aromatic rings. The third kappa shape index (κ3) is 3.10. The first kappa shape index (κ1) is 16.4. The van der Waals surface area contributed by atoms with Crippen molar-refractivity contribution in [2.45, 2.75) is 18.9 Å². The zero-order valence-corrected chi connectivity index (χ0v) is 13.9. The average molecular weight is 354 g/mol. The van der Waals surface area contributed by atoms with E-state index in [-0.39, 0.29) is 29.3 Å². The zero-order chi connectivity index (χ0) is 18.1. The fourth-order valence-corrected chi connectivity index (χ4v) is 3.34. The SMILES string of the molecule is O=C(c1cc(-c2ccc(F)cc2)on1)N1CCC[C@H]1c1cccc(F)c1. The van der Waals surface area contributed by atoms with E-state index in [0.29, 0.717) is 17.9 Å². The molecule has 1 atom stereocenters. The summed E-state index contributed by atoms with van der Waals surface area (Å²) in [7, 11) is 0. The summed E-state index contributed by atoms with van der Waals surface area (Å²) in [4.78, 5) is 14.6. The molecule has 2 heterocycles. The minimum Gasteiger partial charge on any atom is -0.355 e. The van der Waals surface area contributed by atoms with Crippen molar-refractivity contribution in [1.29, 1.82) is 0 Å². The first-order chi connectivity index (χ1) is 12.6. The van der Waals surface area contributed by atoms with E-state index in [9.17, 15) is 13.6 Å². The number of carbonyl (C=O) groups is 1. The van der Waals surface area contributed by atoms with Gasteiger partial charge >= 0.3 is 0 Å². The predicted octanol–water partition coefficient (Wildman–Crippen LogP) is 4.60. The van der Waals surface area contributed by atoms with E-state index in [1.807, 2.05) is 6.07 Å². The minimum atomic E-state index is -0.348. The summed E-state index contributed by atoms with van der Waals surface area (Å²) in [6, 6.07) is 13.5. The number of nitrogens with zero attached hydrogens (tertiary/aromatic N) is 2. The monoisotopic (exact) mass is 354 g/mol. The number of benzene rings is 2. The Balaban J connectivity index is 1.58. The van der Waals surface area contributed by atoms with Gasteiger partial charge in [-0.2, -0.15) is 0 Å². The second kappa shape index (κ2) is 6.71. The van der Waals surface area contributed by atoms with Crippen LogP contribution in [0.5, 0.6) is 0 Å². The largest absolute Gasteiger partial charge is 0.355 e. The van der Waals surface area contributed by atoms with Gasteiger partial charge in [-0.15, -0.1) is 0 Å². The first-order valence-corrected chi connectivity index (χ1v) is 8.41. The Kier molecular flexibility index (Phi) is 4.24. The number of hydrogen-bond acceptors (Lipinski definition) is 3. The molecular formula is C20H16F2N2O2.